The van der Waals surface area contributed by atoms with Crippen molar-refractivity contribution in [3.05, 3.63) is 65.4 Å². The van der Waals surface area contributed by atoms with Crippen LogP contribution in [0.3, 0.4) is 0 Å². The van der Waals surface area contributed by atoms with Gasteiger partial charge in [0.1, 0.15) is 17.7 Å². The highest BCUT2D eigenvalue weighted by molar-refractivity contribution is 6.03. The molecule has 0 spiro atoms. The summed E-state index contributed by atoms with van der Waals surface area (Å²) in [6, 6.07) is 5.72. The lowest BCUT2D eigenvalue weighted by atomic mass is 10.1. The molecule has 0 saturated carbocycles. The number of hydrazine groups is 1. The van der Waals surface area contributed by atoms with Gasteiger partial charge in [0.2, 0.25) is 5.95 Å². The Bertz CT molecular complexity index is 928. The van der Waals surface area contributed by atoms with Gasteiger partial charge in [0.05, 0.1) is 16.8 Å². The largest absolute Gasteiger partial charge is 0.409 e. The standard InChI is InChI=1S/C18H15F5N4O/c1-2-27-13(9-14(26-27)18(21,22)23)11-7-8-15(24-16(11)20)25-17(28)10-5-3-4-6-12(10)19/h3-9,14,26H,2H2,1H3,(H,24,25,28). The molecule has 1 unspecified atom stereocenters. The summed E-state index contributed by atoms with van der Waals surface area (Å²) in [5, 5.41) is 3.42. The second-order valence-corrected chi connectivity index (χ2v) is 5.91. The third-order valence-electron chi connectivity index (χ3n) is 4.06. The van der Waals surface area contributed by atoms with Gasteiger partial charge in [-0.2, -0.15) is 17.6 Å². The minimum Gasteiger partial charge on any atom is -0.307 e. The fourth-order valence-electron chi connectivity index (χ4n) is 2.71. The zero-order valence-corrected chi connectivity index (χ0v) is 14.5. The van der Waals surface area contributed by atoms with E-state index in [-0.39, 0.29) is 29.2 Å². The molecule has 0 radical (unpaired) electrons. The van der Waals surface area contributed by atoms with E-state index in [1.165, 1.54) is 30.3 Å². The van der Waals surface area contributed by atoms with E-state index in [2.05, 4.69) is 15.7 Å². The summed E-state index contributed by atoms with van der Waals surface area (Å²) in [7, 11) is 0. The topological polar surface area (TPSA) is 57.3 Å². The minimum absolute atomic E-state index is 0.0122. The zero-order chi connectivity index (χ0) is 20.5. The molecule has 1 aromatic heterocycles. The first-order chi connectivity index (χ1) is 13.2. The number of hydrogen-bond donors (Lipinski definition) is 2. The molecule has 1 atom stereocenters. The number of halogens is 5. The smallest absolute Gasteiger partial charge is 0.307 e. The van der Waals surface area contributed by atoms with Crippen molar-refractivity contribution in [3.8, 4) is 0 Å². The quantitative estimate of drug-likeness (QED) is 0.609. The highest BCUT2D eigenvalue weighted by Gasteiger charge is 2.43. The zero-order valence-electron chi connectivity index (χ0n) is 14.5. The summed E-state index contributed by atoms with van der Waals surface area (Å²) in [4.78, 5) is 15.6. The first-order valence-corrected chi connectivity index (χ1v) is 8.25. The molecule has 1 aromatic carbocycles. The van der Waals surface area contributed by atoms with Crippen LogP contribution in [-0.4, -0.2) is 34.7 Å². The van der Waals surface area contributed by atoms with Crippen molar-refractivity contribution in [2.24, 2.45) is 0 Å². The fourth-order valence-corrected chi connectivity index (χ4v) is 2.71. The number of anilines is 1. The van der Waals surface area contributed by atoms with Gasteiger partial charge in [0.25, 0.3) is 5.91 Å². The Kier molecular flexibility index (Phi) is 5.32. The lowest BCUT2D eigenvalue weighted by Crippen LogP contribution is -2.44. The Morgan fingerprint density at radius 1 is 1.21 bits per heavy atom. The number of pyridine rings is 1. The number of amides is 1. The van der Waals surface area contributed by atoms with E-state index in [4.69, 9.17) is 0 Å². The summed E-state index contributed by atoms with van der Waals surface area (Å²) in [5.74, 6) is -2.85. The van der Waals surface area contributed by atoms with E-state index in [1.807, 2.05) is 0 Å². The molecule has 0 saturated heterocycles. The molecule has 3 rings (SSSR count). The van der Waals surface area contributed by atoms with Gasteiger partial charge in [0, 0.05) is 6.54 Å². The van der Waals surface area contributed by atoms with Gasteiger partial charge in [-0.3, -0.25) is 4.79 Å². The summed E-state index contributed by atoms with van der Waals surface area (Å²) in [5.41, 5.74) is 1.82. The molecule has 0 bridgehead atoms. The molecule has 2 heterocycles. The summed E-state index contributed by atoms with van der Waals surface area (Å²) in [6.07, 6.45) is -3.67. The lowest BCUT2D eigenvalue weighted by molar-refractivity contribution is -0.149. The van der Waals surface area contributed by atoms with Crippen LogP contribution in [0.15, 0.2) is 42.5 Å². The van der Waals surface area contributed by atoms with Crippen LogP contribution in [0.1, 0.15) is 22.8 Å². The van der Waals surface area contributed by atoms with Crippen LogP contribution >= 0.6 is 0 Å². The van der Waals surface area contributed by atoms with E-state index in [9.17, 15) is 26.7 Å². The molecule has 5 nitrogen and oxygen atoms in total. The van der Waals surface area contributed by atoms with Gasteiger partial charge in [0.15, 0.2) is 0 Å². The van der Waals surface area contributed by atoms with Crippen LogP contribution < -0.4 is 10.7 Å². The number of carbonyl (C=O) groups is 1. The van der Waals surface area contributed by atoms with Crippen molar-refractivity contribution in [1.29, 1.82) is 0 Å². The number of nitrogens with one attached hydrogen (secondary N) is 2. The predicted octanol–water partition coefficient (Wildman–Crippen LogP) is 3.72. The van der Waals surface area contributed by atoms with Crippen molar-refractivity contribution in [2.45, 2.75) is 19.1 Å². The van der Waals surface area contributed by atoms with Gasteiger partial charge >= 0.3 is 6.18 Å². The van der Waals surface area contributed by atoms with Crippen LogP contribution in [0, 0.1) is 11.8 Å². The SMILES string of the molecule is CCN1NC(C(F)(F)F)C=C1c1ccc(NC(=O)c2ccccc2F)nc1F. The van der Waals surface area contributed by atoms with E-state index < -0.39 is 29.9 Å². The van der Waals surface area contributed by atoms with Crippen LogP contribution in [0.5, 0.6) is 0 Å². The molecule has 1 amide bonds. The van der Waals surface area contributed by atoms with Crippen molar-refractivity contribution in [2.75, 3.05) is 11.9 Å². The molecule has 2 aromatic rings. The van der Waals surface area contributed by atoms with Crippen molar-refractivity contribution >= 4 is 17.4 Å². The van der Waals surface area contributed by atoms with Crippen molar-refractivity contribution in [1.82, 2.24) is 15.4 Å². The average molecular weight is 398 g/mol. The molecule has 0 fully saturated rings. The molecule has 10 heteroatoms. The first kappa shape index (κ1) is 19.7. The van der Waals surface area contributed by atoms with Gasteiger partial charge in [-0.15, -0.1) is 0 Å². The molecule has 28 heavy (non-hydrogen) atoms. The number of carbonyl (C=O) groups excluding carboxylic acids is 1. The summed E-state index contributed by atoms with van der Waals surface area (Å²) in [6.45, 7) is 1.76. The molecular weight excluding hydrogens is 383 g/mol. The van der Waals surface area contributed by atoms with Gasteiger partial charge in [-0.1, -0.05) is 12.1 Å². The maximum Gasteiger partial charge on any atom is 0.409 e. The van der Waals surface area contributed by atoms with Crippen LogP contribution in [0.2, 0.25) is 0 Å². The number of nitrogens with zero attached hydrogens (tertiary/aromatic N) is 2. The molecule has 0 aliphatic carbocycles. The normalized spacial score (nSPS) is 16.9. The van der Waals surface area contributed by atoms with Crippen molar-refractivity contribution < 1.29 is 26.7 Å². The third-order valence-corrected chi connectivity index (χ3v) is 4.06. The molecule has 2 N–H and O–H groups in total. The third kappa shape index (κ3) is 3.96. The van der Waals surface area contributed by atoms with E-state index in [0.717, 1.165) is 17.2 Å². The Morgan fingerprint density at radius 2 is 1.93 bits per heavy atom. The van der Waals surface area contributed by atoms with Crippen LogP contribution in [-0.2, 0) is 0 Å². The number of benzene rings is 1. The molecule has 148 valence electrons. The van der Waals surface area contributed by atoms with Gasteiger partial charge < -0.3 is 10.3 Å². The van der Waals surface area contributed by atoms with Crippen LogP contribution in [0.4, 0.5) is 27.8 Å². The van der Waals surface area contributed by atoms with Crippen LogP contribution in [0.25, 0.3) is 5.70 Å². The highest BCUT2D eigenvalue weighted by atomic mass is 19.4. The minimum atomic E-state index is -4.53. The Morgan fingerprint density at radius 3 is 2.54 bits per heavy atom. The Labute approximate surface area is 156 Å². The first-order valence-electron chi connectivity index (χ1n) is 8.25. The maximum absolute atomic E-state index is 14.5. The number of alkyl halides is 3. The average Bonchev–Trinajstić information content (AvgIpc) is 3.06. The van der Waals surface area contributed by atoms with Crippen molar-refractivity contribution in [3.63, 3.8) is 0 Å². The van der Waals surface area contributed by atoms with Gasteiger partial charge in [-0.05, 0) is 37.3 Å². The Balaban J connectivity index is 1.84. The second-order valence-electron chi connectivity index (χ2n) is 5.91. The van der Waals surface area contributed by atoms with E-state index in [0.29, 0.717) is 0 Å². The molecular formula is C18H15F5N4O. The molecule has 1 aliphatic heterocycles. The molecule has 1 aliphatic rings. The Hall–Kier alpha value is -3.01. The fraction of sp³-hybridized carbons (Fsp3) is 0.222. The highest BCUT2D eigenvalue weighted by Crippen LogP contribution is 2.32. The summed E-state index contributed by atoms with van der Waals surface area (Å²) < 4.78 is 66.9. The maximum atomic E-state index is 14.5. The lowest BCUT2D eigenvalue weighted by Gasteiger charge is -2.23. The number of hydrogen-bond acceptors (Lipinski definition) is 4. The monoisotopic (exact) mass is 398 g/mol. The second kappa shape index (κ2) is 7.55. The summed E-state index contributed by atoms with van der Waals surface area (Å²) >= 11 is 0. The predicted molar refractivity (Wildman–Crippen MR) is 91.9 cm³/mol. The van der Waals surface area contributed by atoms with E-state index >= 15 is 0 Å². The van der Waals surface area contributed by atoms with Gasteiger partial charge in [-0.25, -0.2) is 14.8 Å². The number of rotatable bonds is 4. The van der Waals surface area contributed by atoms with E-state index in [1.54, 1.807) is 6.92 Å². The number of aromatic nitrogens is 1.